The van der Waals surface area contributed by atoms with Crippen molar-refractivity contribution in [2.75, 3.05) is 0 Å². The van der Waals surface area contributed by atoms with Crippen molar-refractivity contribution < 1.29 is 0 Å². The van der Waals surface area contributed by atoms with Crippen molar-refractivity contribution in [1.29, 1.82) is 0 Å². The zero-order chi connectivity index (χ0) is 14.2. The molecule has 2 heterocycles. The maximum atomic E-state index is 6.78. The highest BCUT2D eigenvalue weighted by molar-refractivity contribution is 7.14. The summed E-state index contributed by atoms with van der Waals surface area (Å²) in [6.45, 7) is 0. The molecule has 0 spiro atoms. The number of rotatable bonds is 2. The van der Waals surface area contributed by atoms with Gasteiger partial charge in [-0.1, -0.05) is 48.0 Å². The number of benzene rings is 2. The van der Waals surface area contributed by atoms with E-state index in [1.165, 1.54) is 20.5 Å². The molecule has 0 saturated carbocycles. The van der Waals surface area contributed by atoms with E-state index in [4.69, 9.17) is 11.6 Å². The van der Waals surface area contributed by atoms with Crippen molar-refractivity contribution in [3.8, 4) is 20.9 Å². The van der Waals surface area contributed by atoms with Crippen LogP contribution in [0, 0.1) is 0 Å². The second kappa shape index (κ2) is 5.30. The van der Waals surface area contributed by atoms with E-state index in [0.717, 1.165) is 16.1 Å². The van der Waals surface area contributed by atoms with Crippen LogP contribution in [0.1, 0.15) is 0 Å². The van der Waals surface area contributed by atoms with Gasteiger partial charge < -0.3 is 0 Å². The third-order valence-corrected chi connectivity index (χ3v) is 5.72. The summed E-state index contributed by atoms with van der Waals surface area (Å²) in [5, 5.41) is 7.47. The minimum absolute atomic E-state index is 0.846. The Morgan fingerprint density at radius 3 is 2.19 bits per heavy atom. The fourth-order valence-corrected chi connectivity index (χ4v) is 4.61. The standard InChI is InChI=1S/C18H11ClS2/c19-18-14(15-7-3-9-20-15)11-12-5-1-2-6-13(12)17(18)16-8-4-10-21-16/h1-11H. The van der Waals surface area contributed by atoms with E-state index < -0.39 is 0 Å². The van der Waals surface area contributed by atoms with Gasteiger partial charge in [0, 0.05) is 20.9 Å². The molecule has 4 rings (SSSR count). The summed E-state index contributed by atoms with van der Waals surface area (Å²) in [4.78, 5) is 2.43. The molecule has 2 aromatic heterocycles. The number of hydrogen-bond donors (Lipinski definition) is 0. The minimum atomic E-state index is 0.846. The number of hydrogen-bond acceptors (Lipinski definition) is 2. The van der Waals surface area contributed by atoms with Crippen LogP contribution >= 0.6 is 34.3 Å². The third kappa shape index (κ3) is 2.20. The van der Waals surface area contributed by atoms with Crippen molar-refractivity contribution in [3.63, 3.8) is 0 Å². The van der Waals surface area contributed by atoms with Gasteiger partial charge in [0.1, 0.15) is 0 Å². The van der Waals surface area contributed by atoms with Gasteiger partial charge in [-0.05, 0) is 39.7 Å². The van der Waals surface area contributed by atoms with Gasteiger partial charge in [0.15, 0.2) is 0 Å². The summed E-state index contributed by atoms with van der Waals surface area (Å²) in [5.41, 5.74) is 2.27. The van der Waals surface area contributed by atoms with Gasteiger partial charge in [0.25, 0.3) is 0 Å². The Kier molecular flexibility index (Phi) is 3.30. The zero-order valence-electron chi connectivity index (χ0n) is 11.0. The molecule has 4 aromatic rings. The molecule has 0 saturated heterocycles. The molecular formula is C18H11ClS2. The Morgan fingerprint density at radius 2 is 1.48 bits per heavy atom. The van der Waals surface area contributed by atoms with E-state index in [9.17, 15) is 0 Å². The lowest BCUT2D eigenvalue weighted by atomic mass is 9.99. The molecule has 0 N–H and O–H groups in total. The molecule has 0 amide bonds. The van der Waals surface area contributed by atoms with Gasteiger partial charge in [-0.25, -0.2) is 0 Å². The van der Waals surface area contributed by atoms with Crippen LogP contribution in [0.3, 0.4) is 0 Å². The first-order valence-corrected chi connectivity index (χ1v) is 8.77. The first-order chi connectivity index (χ1) is 10.3. The van der Waals surface area contributed by atoms with Crippen LogP contribution in [0.25, 0.3) is 31.7 Å². The highest BCUT2D eigenvalue weighted by Gasteiger charge is 2.15. The quantitative estimate of drug-likeness (QED) is 0.374. The zero-order valence-corrected chi connectivity index (χ0v) is 13.4. The molecule has 102 valence electrons. The summed E-state index contributed by atoms with van der Waals surface area (Å²) >= 11 is 10.2. The second-order valence-electron chi connectivity index (χ2n) is 4.79. The largest absolute Gasteiger partial charge is 0.144 e. The highest BCUT2D eigenvalue weighted by atomic mass is 35.5. The molecule has 0 bridgehead atoms. The molecule has 0 aliphatic carbocycles. The molecule has 0 radical (unpaired) electrons. The predicted molar refractivity (Wildman–Crippen MR) is 95.6 cm³/mol. The molecule has 0 fully saturated rings. The van der Waals surface area contributed by atoms with E-state index in [1.54, 1.807) is 22.7 Å². The van der Waals surface area contributed by atoms with Crippen molar-refractivity contribution in [1.82, 2.24) is 0 Å². The summed E-state index contributed by atoms with van der Waals surface area (Å²) in [6.07, 6.45) is 0. The number of thiophene rings is 2. The fraction of sp³-hybridized carbons (Fsp3) is 0. The Morgan fingerprint density at radius 1 is 0.762 bits per heavy atom. The number of fused-ring (bicyclic) bond motifs is 1. The van der Waals surface area contributed by atoms with Crippen molar-refractivity contribution in [3.05, 3.63) is 70.4 Å². The molecule has 3 heteroatoms. The fourth-order valence-electron chi connectivity index (χ4n) is 2.60. The second-order valence-corrected chi connectivity index (χ2v) is 7.06. The lowest BCUT2D eigenvalue weighted by Gasteiger charge is -2.12. The van der Waals surface area contributed by atoms with Crippen molar-refractivity contribution >= 4 is 45.0 Å². The maximum Gasteiger partial charge on any atom is 0.0585 e. The average molecular weight is 327 g/mol. The van der Waals surface area contributed by atoms with Gasteiger partial charge in [-0.3, -0.25) is 0 Å². The van der Waals surface area contributed by atoms with Gasteiger partial charge in [0.05, 0.1) is 5.02 Å². The summed E-state index contributed by atoms with van der Waals surface area (Å²) in [7, 11) is 0. The monoisotopic (exact) mass is 326 g/mol. The molecule has 21 heavy (non-hydrogen) atoms. The van der Waals surface area contributed by atoms with Gasteiger partial charge in [0.2, 0.25) is 0 Å². The summed E-state index contributed by atoms with van der Waals surface area (Å²) < 4.78 is 0. The molecule has 2 aromatic carbocycles. The molecular weight excluding hydrogens is 316 g/mol. The smallest absolute Gasteiger partial charge is 0.0585 e. The maximum absolute atomic E-state index is 6.78. The van der Waals surface area contributed by atoms with E-state index in [0.29, 0.717) is 0 Å². The van der Waals surface area contributed by atoms with Crippen LogP contribution < -0.4 is 0 Å². The van der Waals surface area contributed by atoms with Crippen molar-refractivity contribution in [2.45, 2.75) is 0 Å². The van der Waals surface area contributed by atoms with Crippen molar-refractivity contribution in [2.24, 2.45) is 0 Å². The van der Waals surface area contributed by atoms with Crippen LogP contribution in [0.15, 0.2) is 65.4 Å². The van der Waals surface area contributed by atoms with Gasteiger partial charge >= 0.3 is 0 Å². The Bertz CT molecular complexity index is 891. The van der Waals surface area contributed by atoms with E-state index in [-0.39, 0.29) is 0 Å². The Hall–Kier alpha value is -1.61. The average Bonchev–Trinajstić information content (AvgIpc) is 3.20. The summed E-state index contributed by atoms with van der Waals surface area (Å²) in [5.74, 6) is 0. The van der Waals surface area contributed by atoms with E-state index >= 15 is 0 Å². The highest BCUT2D eigenvalue weighted by Crippen LogP contribution is 2.44. The molecule has 0 atom stereocenters. The van der Waals surface area contributed by atoms with Gasteiger partial charge in [-0.15, -0.1) is 22.7 Å². The lowest BCUT2D eigenvalue weighted by Crippen LogP contribution is -1.85. The summed E-state index contributed by atoms with van der Waals surface area (Å²) in [6, 6.07) is 19.0. The van der Waals surface area contributed by atoms with Crippen LogP contribution in [0.4, 0.5) is 0 Å². The predicted octanol–water partition coefficient (Wildman–Crippen LogP) is 6.95. The lowest BCUT2D eigenvalue weighted by molar-refractivity contribution is 1.72. The topological polar surface area (TPSA) is 0 Å². The van der Waals surface area contributed by atoms with Crippen LogP contribution in [0.2, 0.25) is 5.02 Å². The first-order valence-electron chi connectivity index (χ1n) is 6.63. The Balaban J connectivity index is 2.12. The van der Waals surface area contributed by atoms with Crippen LogP contribution in [-0.2, 0) is 0 Å². The third-order valence-electron chi connectivity index (χ3n) is 3.54. The number of halogens is 1. The van der Waals surface area contributed by atoms with E-state index in [1.807, 2.05) is 0 Å². The molecule has 0 nitrogen and oxygen atoms in total. The molecule has 0 unspecified atom stereocenters. The SMILES string of the molecule is Clc1c(-c2cccs2)cc2ccccc2c1-c1cccs1. The Labute approximate surface area is 136 Å². The van der Waals surface area contributed by atoms with Crippen LogP contribution in [0.5, 0.6) is 0 Å². The van der Waals surface area contributed by atoms with Crippen LogP contribution in [-0.4, -0.2) is 0 Å². The molecule has 0 aliphatic heterocycles. The van der Waals surface area contributed by atoms with E-state index in [2.05, 4.69) is 65.4 Å². The first kappa shape index (κ1) is 13.1. The minimum Gasteiger partial charge on any atom is -0.144 e. The normalized spacial score (nSPS) is 11.1. The van der Waals surface area contributed by atoms with Gasteiger partial charge in [-0.2, -0.15) is 0 Å². The molecule has 0 aliphatic rings.